The van der Waals surface area contributed by atoms with Gasteiger partial charge in [0.1, 0.15) is 13.2 Å². The Balaban J connectivity index is 4.34. The van der Waals surface area contributed by atoms with E-state index in [4.69, 9.17) is 14.2 Å². The Morgan fingerprint density at radius 2 is 0.494 bits per heavy atom. The zero-order valence-electron chi connectivity index (χ0n) is 52.6. The Morgan fingerprint density at radius 3 is 0.772 bits per heavy atom. The Hall–Kier alpha value is -3.15. The van der Waals surface area contributed by atoms with Crippen LogP contribution in [0.1, 0.15) is 355 Å². The van der Waals surface area contributed by atoms with Gasteiger partial charge >= 0.3 is 17.9 Å². The summed E-state index contributed by atoms with van der Waals surface area (Å²) in [5, 5.41) is 0. The van der Waals surface area contributed by atoms with Crippen LogP contribution in [0.4, 0.5) is 0 Å². The summed E-state index contributed by atoms with van der Waals surface area (Å²) in [4.78, 5) is 38.4. The molecule has 1 atom stereocenters. The van der Waals surface area contributed by atoms with E-state index >= 15 is 0 Å². The number of unbranched alkanes of at least 4 members (excludes halogenated alkanes) is 40. The highest BCUT2D eigenvalue weighted by Gasteiger charge is 2.19. The van der Waals surface area contributed by atoms with Crippen molar-refractivity contribution in [1.82, 2.24) is 0 Å². The zero-order valence-corrected chi connectivity index (χ0v) is 52.6. The Kier molecular flexibility index (Phi) is 64.7. The summed E-state index contributed by atoms with van der Waals surface area (Å²) < 4.78 is 17.0. The lowest BCUT2D eigenvalue weighted by molar-refractivity contribution is -0.167. The molecule has 0 aliphatic heterocycles. The lowest BCUT2D eigenvalue weighted by Crippen LogP contribution is -2.30. The number of carbonyl (C=O) groups excluding carboxylic acids is 3. The van der Waals surface area contributed by atoms with E-state index in [1.54, 1.807) is 0 Å². The van der Waals surface area contributed by atoms with Crippen LogP contribution >= 0.6 is 0 Å². The molecule has 0 aliphatic carbocycles. The summed E-state index contributed by atoms with van der Waals surface area (Å²) in [6.07, 6.45) is 87.7. The van der Waals surface area contributed by atoms with Gasteiger partial charge in [-0.25, -0.2) is 0 Å². The van der Waals surface area contributed by atoms with E-state index in [9.17, 15) is 14.4 Å². The second-order valence-electron chi connectivity index (χ2n) is 23.1. The lowest BCUT2D eigenvalue weighted by atomic mass is 10.0. The summed E-state index contributed by atoms with van der Waals surface area (Å²) in [7, 11) is 0. The van der Waals surface area contributed by atoms with Crippen molar-refractivity contribution in [2.24, 2.45) is 0 Å². The number of carbonyl (C=O) groups is 3. The molecule has 0 fully saturated rings. The first-order chi connectivity index (χ1) is 39.0. The summed E-state index contributed by atoms with van der Waals surface area (Å²) in [5.74, 6) is -0.867. The molecule has 0 spiro atoms. The number of ether oxygens (including phenoxy) is 3. The van der Waals surface area contributed by atoms with Crippen molar-refractivity contribution in [2.45, 2.75) is 361 Å². The SMILES string of the molecule is CC/C=C\C/C=C\C/C=C\C/C=C\C/C=C\C/C=C\CCCCCCCCC(=O)OCC(COC(=O)CCCCCCCCCCCCCCCCC)OC(=O)CCCCCCCCCCCCCCCCCCCCCCC. The van der Waals surface area contributed by atoms with E-state index in [-0.39, 0.29) is 31.1 Å². The average molecular weight is 1100 g/mol. The van der Waals surface area contributed by atoms with Gasteiger partial charge in [-0.05, 0) is 70.6 Å². The highest BCUT2D eigenvalue weighted by molar-refractivity contribution is 5.71. The van der Waals surface area contributed by atoms with Crippen LogP contribution in [0.5, 0.6) is 0 Å². The summed E-state index contributed by atoms with van der Waals surface area (Å²) in [6.45, 7) is 6.58. The molecule has 0 aliphatic rings. The number of allylic oxidation sites excluding steroid dienone is 12. The number of esters is 3. The van der Waals surface area contributed by atoms with Gasteiger partial charge in [0.2, 0.25) is 0 Å². The van der Waals surface area contributed by atoms with Gasteiger partial charge in [0.25, 0.3) is 0 Å². The molecule has 0 heterocycles. The summed E-state index contributed by atoms with van der Waals surface area (Å²) >= 11 is 0. The highest BCUT2D eigenvalue weighted by atomic mass is 16.6. The number of rotatable bonds is 63. The second kappa shape index (κ2) is 67.4. The van der Waals surface area contributed by atoms with Crippen molar-refractivity contribution in [1.29, 1.82) is 0 Å². The van der Waals surface area contributed by atoms with Crippen LogP contribution < -0.4 is 0 Å². The smallest absolute Gasteiger partial charge is 0.306 e. The number of hydrogen-bond donors (Lipinski definition) is 0. The van der Waals surface area contributed by atoms with Gasteiger partial charge in [-0.15, -0.1) is 0 Å². The molecule has 0 aromatic rings. The minimum absolute atomic E-state index is 0.0749. The van der Waals surface area contributed by atoms with Gasteiger partial charge < -0.3 is 14.2 Å². The van der Waals surface area contributed by atoms with Gasteiger partial charge in [-0.1, -0.05) is 338 Å². The van der Waals surface area contributed by atoms with E-state index in [0.29, 0.717) is 19.3 Å². The monoisotopic (exact) mass is 1100 g/mol. The van der Waals surface area contributed by atoms with Crippen LogP contribution in [0, 0.1) is 0 Å². The molecular formula is C73H130O6. The van der Waals surface area contributed by atoms with E-state index < -0.39 is 6.10 Å². The minimum Gasteiger partial charge on any atom is -0.462 e. The molecule has 0 bridgehead atoms. The van der Waals surface area contributed by atoms with Gasteiger partial charge in [0.15, 0.2) is 6.10 Å². The third kappa shape index (κ3) is 65.5. The highest BCUT2D eigenvalue weighted by Crippen LogP contribution is 2.18. The van der Waals surface area contributed by atoms with Crippen molar-refractivity contribution in [3.8, 4) is 0 Å². The van der Waals surface area contributed by atoms with Crippen molar-refractivity contribution in [3.63, 3.8) is 0 Å². The predicted octanol–water partition coefficient (Wildman–Crippen LogP) is 23.7. The molecule has 0 N–H and O–H groups in total. The maximum atomic E-state index is 13.0. The molecule has 79 heavy (non-hydrogen) atoms. The fraction of sp³-hybridized carbons (Fsp3) is 0.795. The first-order valence-corrected chi connectivity index (χ1v) is 34.4. The molecule has 458 valence electrons. The van der Waals surface area contributed by atoms with Gasteiger partial charge in [0, 0.05) is 19.3 Å². The normalized spacial score (nSPS) is 12.5. The first kappa shape index (κ1) is 75.8. The third-order valence-corrected chi connectivity index (χ3v) is 15.2. The van der Waals surface area contributed by atoms with E-state index in [0.717, 1.165) is 103 Å². The van der Waals surface area contributed by atoms with Crippen LogP contribution in [0.15, 0.2) is 72.9 Å². The van der Waals surface area contributed by atoms with Gasteiger partial charge in [0.05, 0.1) is 0 Å². The molecule has 6 heteroatoms. The van der Waals surface area contributed by atoms with Crippen LogP contribution in [0.3, 0.4) is 0 Å². The Labute approximate surface area is 491 Å². The average Bonchev–Trinajstić information content (AvgIpc) is 3.45. The molecule has 0 rings (SSSR count). The fourth-order valence-electron chi connectivity index (χ4n) is 10.1. The lowest BCUT2D eigenvalue weighted by Gasteiger charge is -2.18. The molecule has 0 aromatic carbocycles. The summed E-state index contributed by atoms with van der Waals surface area (Å²) in [5.41, 5.74) is 0. The quantitative estimate of drug-likeness (QED) is 0.0261. The van der Waals surface area contributed by atoms with Gasteiger partial charge in [-0.2, -0.15) is 0 Å². The molecule has 0 aromatic heterocycles. The van der Waals surface area contributed by atoms with Crippen molar-refractivity contribution in [3.05, 3.63) is 72.9 Å². The second-order valence-corrected chi connectivity index (χ2v) is 23.1. The van der Waals surface area contributed by atoms with Crippen LogP contribution in [0.2, 0.25) is 0 Å². The maximum Gasteiger partial charge on any atom is 0.306 e. The van der Waals surface area contributed by atoms with Crippen LogP contribution in [-0.4, -0.2) is 37.2 Å². The molecule has 0 saturated heterocycles. The summed E-state index contributed by atoms with van der Waals surface area (Å²) in [6, 6.07) is 0. The van der Waals surface area contributed by atoms with Crippen LogP contribution in [0.25, 0.3) is 0 Å². The van der Waals surface area contributed by atoms with E-state index in [1.807, 2.05) is 0 Å². The molecule has 1 unspecified atom stereocenters. The largest absolute Gasteiger partial charge is 0.462 e. The van der Waals surface area contributed by atoms with Crippen molar-refractivity contribution in [2.75, 3.05) is 13.2 Å². The first-order valence-electron chi connectivity index (χ1n) is 34.4. The maximum absolute atomic E-state index is 13.0. The fourth-order valence-corrected chi connectivity index (χ4v) is 10.1. The predicted molar refractivity (Wildman–Crippen MR) is 344 cm³/mol. The molecule has 0 amide bonds. The third-order valence-electron chi connectivity index (χ3n) is 15.2. The molecule has 0 saturated carbocycles. The van der Waals surface area contributed by atoms with Crippen molar-refractivity contribution < 1.29 is 28.6 Å². The minimum atomic E-state index is -0.780. The Bertz CT molecular complexity index is 1450. The van der Waals surface area contributed by atoms with E-state index in [2.05, 4.69) is 93.7 Å². The van der Waals surface area contributed by atoms with E-state index in [1.165, 1.54) is 212 Å². The van der Waals surface area contributed by atoms with Crippen molar-refractivity contribution >= 4 is 17.9 Å². The number of hydrogen-bond acceptors (Lipinski definition) is 6. The molecular weight excluding hydrogens is 973 g/mol. The molecule has 6 nitrogen and oxygen atoms in total. The topological polar surface area (TPSA) is 78.9 Å². The van der Waals surface area contributed by atoms with Gasteiger partial charge in [-0.3, -0.25) is 14.4 Å². The standard InChI is InChI=1S/C73H130O6/c1-4-7-10-13-16-19-22-25-28-30-32-34-35-36-37-39-40-42-45-48-51-54-57-60-63-66-72(75)78-69-70(68-77-71(74)65-62-59-56-53-50-47-44-27-24-21-18-15-12-9-6-3)79-73(76)67-64-61-58-55-52-49-46-43-41-38-33-31-29-26-23-20-17-14-11-8-5-2/h7,10,16,19,25,28,32,34,36-37,40,42,70H,4-6,8-9,11-15,17-18,20-24,26-27,29-31,33,35,38-39,41,43-69H2,1-3H3/b10-7-,19-16-,28-25-,34-32-,37-36-,42-40-. The zero-order chi connectivity index (χ0) is 57.1. The Morgan fingerprint density at radius 1 is 0.266 bits per heavy atom. The van der Waals surface area contributed by atoms with Crippen LogP contribution in [-0.2, 0) is 28.6 Å². The molecule has 0 radical (unpaired) electrons.